The molecule has 2 unspecified atom stereocenters. The first-order valence-corrected chi connectivity index (χ1v) is 19.5. The Kier molecular flexibility index (Phi) is 7.37. The number of benzene rings is 8. The molecule has 0 spiro atoms. The van der Waals surface area contributed by atoms with Gasteiger partial charge >= 0.3 is 0 Å². The first kappa shape index (κ1) is 32.3. The molecule has 2 aliphatic rings. The fourth-order valence-corrected chi connectivity index (χ4v) is 10.00. The van der Waals surface area contributed by atoms with Crippen LogP contribution in [0.5, 0.6) is 0 Å². The van der Waals surface area contributed by atoms with E-state index < -0.39 is 10.8 Å². The molecule has 1 aromatic heterocycles. The zero-order valence-electron chi connectivity index (χ0n) is 30.8. The Labute approximate surface area is 328 Å². The third-order valence-corrected chi connectivity index (χ3v) is 12.2. The summed E-state index contributed by atoms with van der Waals surface area (Å²) in [6.45, 7) is 0. The van der Waals surface area contributed by atoms with E-state index in [1.54, 1.807) is 0 Å². The van der Waals surface area contributed by atoms with Gasteiger partial charge < -0.3 is 0 Å². The molecule has 0 bridgehead atoms. The SMILES string of the molecule is c1ccc(-c2cc(-c3ccccc3)nc(-c3cccc(C4(c5ccccc5)c5ccccc5C5(c6ccccc6)c6ccccc6-c6cccc4c65)c3)c2)cc1. The second-order valence-electron chi connectivity index (χ2n) is 15.0. The van der Waals surface area contributed by atoms with E-state index in [2.05, 4.69) is 224 Å². The van der Waals surface area contributed by atoms with E-state index in [1.165, 1.54) is 61.2 Å². The normalized spacial score (nSPS) is 17.4. The molecule has 0 radical (unpaired) electrons. The molecule has 9 aromatic rings. The molecule has 262 valence electrons. The van der Waals surface area contributed by atoms with Crippen LogP contribution in [0, 0.1) is 0 Å². The number of hydrogen-bond donors (Lipinski definition) is 0. The third kappa shape index (κ3) is 4.58. The van der Waals surface area contributed by atoms with Gasteiger partial charge in [-0.1, -0.05) is 206 Å². The summed E-state index contributed by atoms with van der Waals surface area (Å²) in [7, 11) is 0. The van der Waals surface area contributed by atoms with Crippen LogP contribution in [0.2, 0.25) is 0 Å². The first-order valence-electron chi connectivity index (χ1n) is 19.5. The van der Waals surface area contributed by atoms with Crippen molar-refractivity contribution in [3.63, 3.8) is 0 Å². The minimum Gasteiger partial charge on any atom is -0.248 e. The smallest absolute Gasteiger partial charge is 0.0720 e. The fraction of sp³-hybridized carbons (Fsp3) is 0.0364. The molecule has 11 rings (SSSR count). The minimum absolute atomic E-state index is 0.480. The number of pyridine rings is 1. The van der Waals surface area contributed by atoms with E-state index in [1.807, 2.05) is 0 Å². The average Bonchev–Trinajstić information content (AvgIpc) is 3.60. The monoisotopic (exact) mass is 711 g/mol. The van der Waals surface area contributed by atoms with Crippen LogP contribution in [-0.4, -0.2) is 4.98 Å². The van der Waals surface area contributed by atoms with Crippen LogP contribution < -0.4 is 0 Å². The molecule has 1 nitrogen and oxygen atoms in total. The van der Waals surface area contributed by atoms with Gasteiger partial charge in [-0.15, -0.1) is 0 Å². The van der Waals surface area contributed by atoms with Crippen molar-refractivity contribution in [1.29, 1.82) is 0 Å². The van der Waals surface area contributed by atoms with Gasteiger partial charge in [-0.25, -0.2) is 4.98 Å². The minimum atomic E-state index is -0.626. The van der Waals surface area contributed by atoms with E-state index in [-0.39, 0.29) is 0 Å². The molecule has 0 fully saturated rings. The highest BCUT2D eigenvalue weighted by molar-refractivity contribution is 5.92. The maximum Gasteiger partial charge on any atom is 0.0720 e. The zero-order valence-corrected chi connectivity index (χ0v) is 30.8. The predicted molar refractivity (Wildman–Crippen MR) is 230 cm³/mol. The Balaban J connectivity index is 1.23. The van der Waals surface area contributed by atoms with Crippen molar-refractivity contribution in [3.8, 4) is 44.8 Å². The van der Waals surface area contributed by atoms with Gasteiger partial charge in [0, 0.05) is 11.1 Å². The fourth-order valence-electron chi connectivity index (χ4n) is 10.00. The van der Waals surface area contributed by atoms with E-state index in [4.69, 9.17) is 4.98 Å². The lowest BCUT2D eigenvalue weighted by atomic mass is 9.51. The number of aromatic nitrogens is 1. The van der Waals surface area contributed by atoms with Crippen LogP contribution in [0.3, 0.4) is 0 Å². The highest BCUT2D eigenvalue weighted by Crippen LogP contribution is 2.65. The van der Waals surface area contributed by atoms with Crippen molar-refractivity contribution in [2.45, 2.75) is 10.8 Å². The summed E-state index contributed by atoms with van der Waals surface area (Å²) in [5.41, 5.74) is 18.3. The van der Waals surface area contributed by atoms with Crippen molar-refractivity contribution in [2.75, 3.05) is 0 Å². The quantitative estimate of drug-likeness (QED) is 0.167. The van der Waals surface area contributed by atoms with Crippen LogP contribution >= 0.6 is 0 Å². The molecule has 56 heavy (non-hydrogen) atoms. The maximum atomic E-state index is 5.38. The lowest BCUT2D eigenvalue weighted by Gasteiger charge is -2.49. The Morgan fingerprint density at radius 2 is 0.714 bits per heavy atom. The molecule has 0 amide bonds. The molecule has 0 saturated heterocycles. The summed E-state index contributed by atoms with van der Waals surface area (Å²) < 4.78 is 0. The number of rotatable bonds is 6. The van der Waals surface area contributed by atoms with E-state index >= 15 is 0 Å². The first-order chi connectivity index (χ1) is 27.8. The van der Waals surface area contributed by atoms with E-state index in [9.17, 15) is 0 Å². The Morgan fingerprint density at radius 1 is 0.268 bits per heavy atom. The van der Waals surface area contributed by atoms with Gasteiger partial charge in [0.25, 0.3) is 0 Å². The standard InChI is InChI=1S/C55H37N/c1-5-19-38(20-6-1)41-36-51(39-21-7-2-8-22-39)56-52(37-41)40-23-17-28-44(35-40)54(42-24-9-3-10-25-42)48-32-15-16-33-49(48)55(43-26-11-4-12-27-43)47-31-14-13-29-45(47)46-30-18-34-50(54)53(46)55/h1-37H. The van der Waals surface area contributed by atoms with Gasteiger partial charge in [-0.2, -0.15) is 0 Å². The predicted octanol–water partition coefficient (Wildman–Crippen LogP) is 13.1. The largest absolute Gasteiger partial charge is 0.248 e. The van der Waals surface area contributed by atoms with Crippen molar-refractivity contribution in [3.05, 3.63) is 269 Å². The summed E-state index contributed by atoms with van der Waals surface area (Å²) in [6.07, 6.45) is 0. The van der Waals surface area contributed by atoms with Gasteiger partial charge in [-0.3, -0.25) is 0 Å². The Morgan fingerprint density at radius 3 is 1.39 bits per heavy atom. The van der Waals surface area contributed by atoms with Crippen molar-refractivity contribution >= 4 is 0 Å². The van der Waals surface area contributed by atoms with E-state index in [0.717, 1.165) is 28.1 Å². The summed E-state index contributed by atoms with van der Waals surface area (Å²) in [4.78, 5) is 5.38. The summed E-state index contributed by atoms with van der Waals surface area (Å²) in [5, 5.41) is 0. The average molecular weight is 712 g/mol. The van der Waals surface area contributed by atoms with Crippen LogP contribution in [0.4, 0.5) is 0 Å². The number of fused-ring (bicyclic) bond motifs is 5. The Hall–Kier alpha value is -7.09. The van der Waals surface area contributed by atoms with Gasteiger partial charge in [0.05, 0.1) is 22.2 Å². The van der Waals surface area contributed by atoms with Crippen LogP contribution in [0.25, 0.3) is 44.8 Å². The summed E-state index contributed by atoms with van der Waals surface area (Å²) >= 11 is 0. The maximum absolute atomic E-state index is 5.38. The molecule has 2 atom stereocenters. The van der Waals surface area contributed by atoms with Gasteiger partial charge in [-0.05, 0) is 85.0 Å². The number of nitrogens with zero attached hydrogens (tertiary/aromatic N) is 1. The van der Waals surface area contributed by atoms with Gasteiger partial charge in [0.2, 0.25) is 0 Å². The van der Waals surface area contributed by atoms with Crippen molar-refractivity contribution in [1.82, 2.24) is 4.98 Å². The summed E-state index contributed by atoms with van der Waals surface area (Å²) in [5.74, 6) is 0. The zero-order chi connectivity index (χ0) is 37.1. The van der Waals surface area contributed by atoms with Crippen LogP contribution in [0.1, 0.15) is 44.5 Å². The molecule has 1 heterocycles. The molecular weight excluding hydrogens is 675 g/mol. The molecule has 2 aliphatic carbocycles. The molecule has 8 aromatic carbocycles. The van der Waals surface area contributed by atoms with Crippen molar-refractivity contribution < 1.29 is 0 Å². The van der Waals surface area contributed by atoms with Gasteiger partial charge in [0.15, 0.2) is 0 Å². The third-order valence-electron chi connectivity index (χ3n) is 12.2. The lowest BCUT2D eigenvalue weighted by molar-refractivity contribution is 0.627. The topological polar surface area (TPSA) is 12.9 Å². The second kappa shape index (κ2) is 12.8. The van der Waals surface area contributed by atoms with Crippen molar-refractivity contribution in [2.24, 2.45) is 0 Å². The highest BCUT2D eigenvalue weighted by Gasteiger charge is 2.57. The molecule has 0 aliphatic heterocycles. The molecular formula is C55H37N. The van der Waals surface area contributed by atoms with E-state index in [0.29, 0.717) is 0 Å². The lowest BCUT2D eigenvalue weighted by Crippen LogP contribution is -2.44. The van der Waals surface area contributed by atoms with Gasteiger partial charge in [0.1, 0.15) is 0 Å². The molecule has 0 saturated carbocycles. The molecule has 1 heteroatoms. The second-order valence-corrected chi connectivity index (χ2v) is 15.0. The summed E-state index contributed by atoms with van der Waals surface area (Å²) in [6, 6.07) is 82.5. The Bertz CT molecular complexity index is 2840. The van der Waals surface area contributed by atoms with Crippen LogP contribution in [-0.2, 0) is 10.8 Å². The van der Waals surface area contributed by atoms with Crippen LogP contribution in [0.15, 0.2) is 224 Å². The molecule has 0 N–H and O–H groups in total. The highest BCUT2D eigenvalue weighted by atomic mass is 14.7. The number of hydrogen-bond acceptors (Lipinski definition) is 1.